The molecule has 84 valence electrons. The molecule has 0 aliphatic heterocycles. The molecule has 1 unspecified atom stereocenters. The lowest BCUT2D eigenvalue weighted by atomic mass is 10.1. The average molecular weight is 237 g/mol. The summed E-state index contributed by atoms with van der Waals surface area (Å²) in [5, 5.41) is 1.56. The van der Waals surface area contributed by atoms with Gasteiger partial charge in [0, 0.05) is 17.0 Å². The molecule has 0 bridgehead atoms. The Morgan fingerprint density at radius 3 is 2.81 bits per heavy atom. The zero-order chi connectivity index (χ0) is 11.7. The summed E-state index contributed by atoms with van der Waals surface area (Å²) in [6.45, 7) is 1.88. The van der Waals surface area contributed by atoms with Gasteiger partial charge in [0.05, 0.1) is 10.5 Å². The lowest BCUT2D eigenvalue weighted by Gasteiger charge is -2.13. The molecule has 0 radical (unpaired) electrons. The van der Waals surface area contributed by atoms with Gasteiger partial charge in [-0.3, -0.25) is 0 Å². The van der Waals surface area contributed by atoms with Crippen LogP contribution < -0.4 is 17.0 Å². The molecule has 5 N–H and O–H groups in total. The number of nitrogen functional groups attached to an aromatic ring is 1. The third kappa shape index (κ3) is 1.82. The van der Waals surface area contributed by atoms with Crippen molar-refractivity contribution >= 4 is 28.3 Å². The molecule has 0 aliphatic rings. The number of hydrogen-bond acceptors (Lipinski definition) is 4. The molecule has 0 amide bonds. The highest BCUT2D eigenvalue weighted by molar-refractivity contribution is 6.35. The van der Waals surface area contributed by atoms with Gasteiger partial charge in [0.1, 0.15) is 5.82 Å². The molecular formula is C11H13ClN4. The Morgan fingerprint density at radius 1 is 1.44 bits per heavy atom. The van der Waals surface area contributed by atoms with Crippen LogP contribution in [-0.2, 0) is 0 Å². The van der Waals surface area contributed by atoms with Gasteiger partial charge in [-0.2, -0.15) is 0 Å². The second kappa shape index (κ2) is 4.25. The molecule has 1 aromatic carbocycles. The number of hydrogen-bond donors (Lipinski definition) is 3. The third-order valence-electron chi connectivity index (χ3n) is 2.45. The van der Waals surface area contributed by atoms with Crippen LogP contribution in [0.1, 0.15) is 18.5 Å². The minimum Gasteiger partial charge on any atom is -0.324 e. The van der Waals surface area contributed by atoms with E-state index >= 15 is 0 Å². The van der Waals surface area contributed by atoms with Gasteiger partial charge in [0.15, 0.2) is 0 Å². The van der Waals surface area contributed by atoms with E-state index in [2.05, 4.69) is 10.4 Å². The van der Waals surface area contributed by atoms with Crippen LogP contribution in [-0.4, -0.2) is 4.98 Å². The molecule has 0 saturated heterocycles. The molecule has 1 aromatic heterocycles. The average Bonchev–Trinajstić information content (AvgIpc) is 2.28. The van der Waals surface area contributed by atoms with E-state index in [0.717, 1.165) is 16.5 Å². The number of pyridine rings is 1. The van der Waals surface area contributed by atoms with Crippen molar-refractivity contribution in [3.63, 3.8) is 0 Å². The first kappa shape index (κ1) is 11.1. The summed E-state index contributed by atoms with van der Waals surface area (Å²) in [6.07, 6.45) is 0. The first-order chi connectivity index (χ1) is 7.63. The lowest BCUT2D eigenvalue weighted by molar-refractivity contribution is 0.815. The monoisotopic (exact) mass is 236 g/mol. The van der Waals surface area contributed by atoms with Crippen molar-refractivity contribution in [3.8, 4) is 0 Å². The van der Waals surface area contributed by atoms with Gasteiger partial charge in [-0.25, -0.2) is 10.8 Å². The van der Waals surface area contributed by atoms with E-state index in [1.807, 2.05) is 25.1 Å². The van der Waals surface area contributed by atoms with Gasteiger partial charge in [0.25, 0.3) is 0 Å². The zero-order valence-electron chi connectivity index (χ0n) is 8.87. The summed E-state index contributed by atoms with van der Waals surface area (Å²) in [7, 11) is 0. The number of aromatic nitrogens is 1. The number of halogens is 1. The number of hydrazine groups is 1. The van der Waals surface area contributed by atoms with Crippen molar-refractivity contribution in [1.29, 1.82) is 0 Å². The van der Waals surface area contributed by atoms with Crippen LogP contribution in [0.2, 0.25) is 5.02 Å². The second-order valence-corrected chi connectivity index (χ2v) is 4.08. The molecule has 1 atom stereocenters. The number of nitrogens with two attached hydrogens (primary N) is 2. The normalized spacial score (nSPS) is 12.8. The molecule has 4 nitrogen and oxygen atoms in total. The summed E-state index contributed by atoms with van der Waals surface area (Å²) in [5.74, 6) is 5.98. The maximum absolute atomic E-state index is 6.06. The number of nitrogens with one attached hydrogen (secondary N) is 1. The van der Waals surface area contributed by atoms with Gasteiger partial charge >= 0.3 is 0 Å². The molecule has 0 spiro atoms. The summed E-state index contributed by atoms with van der Waals surface area (Å²) in [5.41, 5.74) is 9.99. The van der Waals surface area contributed by atoms with E-state index in [-0.39, 0.29) is 6.04 Å². The maximum atomic E-state index is 6.06. The van der Waals surface area contributed by atoms with Gasteiger partial charge < -0.3 is 11.2 Å². The molecule has 2 aromatic rings. The van der Waals surface area contributed by atoms with Crippen LogP contribution in [0.4, 0.5) is 5.82 Å². The fraction of sp³-hybridized carbons (Fsp3) is 0.182. The van der Waals surface area contributed by atoms with E-state index in [0.29, 0.717) is 10.8 Å². The van der Waals surface area contributed by atoms with Crippen molar-refractivity contribution in [1.82, 2.24) is 4.98 Å². The van der Waals surface area contributed by atoms with E-state index < -0.39 is 0 Å². The van der Waals surface area contributed by atoms with Gasteiger partial charge in [-0.15, -0.1) is 0 Å². The summed E-state index contributed by atoms with van der Waals surface area (Å²) < 4.78 is 0. The molecule has 16 heavy (non-hydrogen) atoms. The number of fused-ring (bicyclic) bond motifs is 1. The maximum Gasteiger partial charge on any atom is 0.145 e. The molecule has 0 fully saturated rings. The Balaban J connectivity index is 2.75. The number of benzene rings is 1. The highest BCUT2D eigenvalue weighted by atomic mass is 35.5. The number of nitrogens with zero attached hydrogens (tertiary/aromatic N) is 1. The molecule has 1 heterocycles. The predicted octanol–water partition coefficient (Wildman–Crippen LogP) is 2.19. The SMILES string of the molecule is CC(N)c1cc2cccc(Cl)c2nc1NN. The van der Waals surface area contributed by atoms with Crippen molar-refractivity contribution < 1.29 is 0 Å². The fourth-order valence-electron chi connectivity index (χ4n) is 1.64. The third-order valence-corrected chi connectivity index (χ3v) is 2.76. The number of rotatable bonds is 2. The summed E-state index contributed by atoms with van der Waals surface area (Å²) in [4.78, 5) is 4.37. The van der Waals surface area contributed by atoms with Crippen LogP contribution in [0.25, 0.3) is 10.9 Å². The highest BCUT2D eigenvalue weighted by Gasteiger charge is 2.10. The summed E-state index contributed by atoms with van der Waals surface area (Å²) >= 11 is 6.06. The van der Waals surface area contributed by atoms with Gasteiger partial charge in [0.2, 0.25) is 0 Å². The quantitative estimate of drug-likeness (QED) is 0.552. The fourth-order valence-corrected chi connectivity index (χ4v) is 1.87. The smallest absolute Gasteiger partial charge is 0.145 e. The Labute approximate surface area is 98.6 Å². The Morgan fingerprint density at radius 2 is 2.19 bits per heavy atom. The van der Waals surface area contributed by atoms with Gasteiger partial charge in [-0.1, -0.05) is 23.7 Å². The van der Waals surface area contributed by atoms with Crippen LogP contribution >= 0.6 is 11.6 Å². The molecular weight excluding hydrogens is 224 g/mol. The number of anilines is 1. The van der Waals surface area contributed by atoms with Crippen LogP contribution in [0.3, 0.4) is 0 Å². The van der Waals surface area contributed by atoms with Gasteiger partial charge in [-0.05, 0) is 19.1 Å². The largest absolute Gasteiger partial charge is 0.324 e. The van der Waals surface area contributed by atoms with E-state index in [4.69, 9.17) is 23.2 Å². The van der Waals surface area contributed by atoms with E-state index in [1.54, 1.807) is 6.07 Å². The van der Waals surface area contributed by atoms with Crippen LogP contribution in [0.5, 0.6) is 0 Å². The topological polar surface area (TPSA) is 77.0 Å². The highest BCUT2D eigenvalue weighted by Crippen LogP contribution is 2.27. The second-order valence-electron chi connectivity index (χ2n) is 3.67. The van der Waals surface area contributed by atoms with E-state index in [9.17, 15) is 0 Å². The Hall–Kier alpha value is -1.36. The Bertz CT molecular complexity index is 525. The standard InChI is InChI=1S/C11H13ClN4/c1-6(13)8-5-7-3-2-4-9(12)10(7)15-11(8)16-14/h2-6H,13-14H2,1H3,(H,15,16). The van der Waals surface area contributed by atoms with Crippen molar-refractivity contribution in [2.75, 3.05) is 5.43 Å². The van der Waals surface area contributed by atoms with Crippen molar-refractivity contribution in [2.45, 2.75) is 13.0 Å². The first-order valence-electron chi connectivity index (χ1n) is 4.95. The predicted molar refractivity (Wildman–Crippen MR) is 67.2 cm³/mol. The van der Waals surface area contributed by atoms with Crippen LogP contribution in [0, 0.1) is 0 Å². The first-order valence-corrected chi connectivity index (χ1v) is 5.32. The zero-order valence-corrected chi connectivity index (χ0v) is 9.62. The summed E-state index contributed by atoms with van der Waals surface area (Å²) in [6, 6.07) is 7.44. The molecule has 0 saturated carbocycles. The molecule has 2 rings (SSSR count). The minimum absolute atomic E-state index is 0.137. The van der Waals surface area contributed by atoms with Crippen molar-refractivity contribution in [2.24, 2.45) is 11.6 Å². The molecule has 0 aliphatic carbocycles. The Kier molecular flexibility index (Phi) is 2.96. The van der Waals surface area contributed by atoms with Crippen LogP contribution in [0.15, 0.2) is 24.3 Å². The van der Waals surface area contributed by atoms with E-state index in [1.165, 1.54) is 0 Å². The molecule has 5 heteroatoms. The van der Waals surface area contributed by atoms with Crippen molar-refractivity contribution in [3.05, 3.63) is 34.9 Å². The minimum atomic E-state index is -0.137. The lowest BCUT2D eigenvalue weighted by Crippen LogP contribution is -2.15. The number of para-hydroxylation sites is 1.